The van der Waals surface area contributed by atoms with Gasteiger partial charge in [0.25, 0.3) is 0 Å². The Labute approximate surface area is 82.9 Å². The van der Waals surface area contributed by atoms with Gasteiger partial charge in [-0.2, -0.15) is 0 Å². The van der Waals surface area contributed by atoms with E-state index >= 15 is 0 Å². The Morgan fingerprint density at radius 3 is 3.00 bits per heavy atom. The summed E-state index contributed by atoms with van der Waals surface area (Å²) in [6.07, 6.45) is 2.71. The molecule has 1 aromatic rings. The summed E-state index contributed by atoms with van der Waals surface area (Å²) in [5.41, 5.74) is 5.46. The zero-order chi connectivity index (χ0) is 9.52. The highest BCUT2D eigenvalue weighted by molar-refractivity contribution is 7.99. The summed E-state index contributed by atoms with van der Waals surface area (Å²) in [6.45, 7) is 1.86. The van der Waals surface area contributed by atoms with Crippen LogP contribution in [0.3, 0.4) is 0 Å². The van der Waals surface area contributed by atoms with Crippen LogP contribution in [0.15, 0.2) is 23.2 Å². The Bertz CT molecular complexity index is 308. The first-order valence-corrected chi connectivity index (χ1v) is 5.05. The van der Waals surface area contributed by atoms with Crippen molar-refractivity contribution in [2.45, 2.75) is 18.2 Å². The molecular formula is C10H12N2S. The summed E-state index contributed by atoms with van der Waals surface area (Å²) in [4.78, 5) is 5.14. The van der Waals surface area contributed by atoms with Crippen LogP contribution in [-0.2, 0) is 0 Å². The molecule has 0 radical (unpaired) electrons. The second kappa shape index (κ2) is 5.50. The highest BCUT2D eigenvalue weighted by Gasteiger charge is 1.92. The topological polar surface area (TPSA) is 38.9 Å². The second-order valence-corrected chi connectivity index (χ2v) is 3.61. The van der Waals surface area contributed by atoms with E-state index < -0.39 is 0 Å². The maximum Gasteiger partial charge on any atom is 0.123 e. The average Bonchev–Trinajstić information content (AvgIpc) is 2.15. The standard InChI is InChI=1S/C10H12N2S/c1-2-3-4-7-13-9-5-6-10(11)12-8-9/h5-6,8H,4,7H2,1H3,(H2,11,12). The van der Waals surface area contributed by atoms with Crippen LogP contribution in [0.25, 0.3) is 0 Å². The minimum Gasteiger partial charge on any atom is -0.384 e. The Morgan fingerprint density at radius 1 is 1.54 bits per heavy atom. The number of hydrogen-bond donors (Lipinski definition) is 1. The van der Waals surface area contributed by atoms with Crippen LogP contribution in [0.5, 0.6) is 0 Å². The van der Waals surface area contributed by atoms with Gasteiger partial charge < -0.3 is 5.73 Å². The molecule has 2 N–H and O–H groups in total. The monoisotopic (exact) mass is 192 g/mol. The molecule has 68 valence electrons. The van der Waals surface area contributed by atoms with E-state index in [9.17, 15) is 0 Å². The smallest absolute Gasteiger partial charge is 0.123 e. The molecule has 0 spiro atoms. The van der Waals surface area contributed by atoms with Crippen molar-refractivity contribution in [3.63, 3.8) is 0 Å². The molecule has 0 amide bonds. The van der Waals surface area contributed by atoms with Gasteiger partial charge in [0.2, 0.25) is 0 Å². The van der Waals surface area contributed by atoms with Crippen LogP contribution < -0.4 is 5.73 Å². The predicted octanol–water partition coefficient (Wildman–Crippen LogP) is 2.17. The Hall–Kier alpha value is -1.14. The lowest BCUT2D eigenvalue weighted by Gasteiger charge is -1.97. The van der Waals surface area contributed by atoms with Crippen LogP contribution >= 0.6 is 11.8 Å². The van der Waals surface area contributed by atoms with E-state index in [0.717, 1.165) is 17.1 Å². The minimum atomic E-state index is 0.567. The maximum absolute atomic E-state index is 5.46. The second-order valence-electron chi connectivity index (χ2n) is 2.44. The van der Waals surface area contributed by atoms with Gasteiger partial charge in [-0.15, -0.1) is 23.6 Å². The van der Waals surface area contributed by atoms with Crippen molar-refractivity contribution in [2.75, 3.05) is 11.5 Å². The number of nitrogens with zero attached hydrogens (tertiary/aromatic N) is 1. The van der Waals surface area contributed by atoms with Crippen LogP contribution in [0, 0.1) is 11.8 Å². The van der Waals surface area contributed by atoms with Gasteiger partial charge in [-0.1, -0.05) is 0 Å². The predicted molar refractivity (Wildman–Crippen MR) is 57.4 cm³/mol. The molecule has 0 saturated heterocycles. The number of nitrogens with two attached hydrogens (primary N) is 1. The van der Waals surface area contributed by atoms with E-state index in [1.807, 2.05) is 19.1 Å². The van der Waals surface area contributed by atoms with E-state index in [1.165, 1.54) is 0 Å². The first-order valence-electron chi connectivity index (χ1n) is 4.07. The number of aromatic nitrogens is 1. The van der Waals surface area contributed by atoms with Crippen LogP contribution in [0.2, 0.25) is 0 Å². The Morgan fingerprint density at radius 2 is 2.38 bits per heavy atom. The first kappa shape index (κ1) is 9.94. The summed E-state index contributed by atoms with van der Waals surface area (Å²) < 4.78 is 0. The summed E-state index contributed by atoms with van der Waals surface area (Å²) in [7, 11) is 0. The quantitative estimate of drug-likeness (QED) is 0.453. The SMILES string of the molecule is CC#CCCSc1ccc(N)nc1. The van der Waals surface area contributed by atoms with Crippen molar-refractivity contribution in [1.82, 2.24) is 4.98 Å². The lowest BCUT2D eigenvalue weighted by atomic mass is 10.5. The number of pyridine rings is 1. The molecule has 0 aliphatic rings. The fourth-order valence-electron chi connectivity index (χ4n) is 0.822. The molecule has 1 rings (SSSR count). The van der Waals surface area contributed by atoms with Crippen LogP contribution in [-0.4, -0.2) is 10.7 Å². The summed E-state index contributed by atoms with van der Waals surface area (Å²) in [5, 5.41) is 0. The van der Waals surface area contributed by atoms with Gasteiger partial charge in [-0.3, -0.25) is 0 Å². The number of rotatable bonds is 3. The Balaban J connectivity index is 2.36. The van der Waals surface area contributed by atoms with Crippen molar-refractivity contribution in [1.29, 1.82) is 0 Å². The normalized spacial score (nSPS) is 9.00. The van der Waals surface area contributed by atoms with Crippen molar-refractivity contribution in [2.24, 2.45) is 0 Å². The largest absolute Gasteiger partial charge is 0.384 e. The van der Waals surface area contributed by atoms with E-state index in [4.69, 9.17) is 5.73 Å². The van der Waals surface area contributed by atoms with E-state index in [1.54, 1.807) is 18.0 Å². The summed E-state index contributed by atoms with van der Waals surface area (Å²) in [6, 6.07) is 3.79. The average molecular weight is 192 g/mol. The summed E-state index contributed by atoms with van der Waals surface area (Å²) in [5.74, 6) is 7.45. The van der Waals surface area contributed by atoms with Crippen molar-refractivity contribution < 1.29 is 0 Å². The first-order chi connectivity index (χ1) is 6.33. The van der Waals surface area contributed by atoms with Crippen LogP contribution in [0.1, 0.15) is 13.3 Å². The third kappa shape index (κ3) is 3.86. The number of anilines is 1. The molecule has 0 atom stereocenters. The Kier molecular flexibility index (Phi) is 4.20. The van der Waals surface area contributed by atoms with E-state index in [0.29, 0.717) is 5.82 Å². The van der Waals surface area contributed by atoms with Crippen LogP contribution in [0.4, 0.5) is 5.82 Å². The molecule has 1 heterocycles. The van der Waals surface area contributed by atoms with E-state index in [-0.39, 0.29) is 0 Å². The fraction of sp³-hybridized carbons (Fsp3) is 0.300. The molecule has 0 bridgehead atoms. The van der Waals surface area contributed by atoms with Crippen molar-refractivity contribution in [3.05, 3.63) is 18.3 Å². The minimum absolute atomic E-state index is 0.567. The zero-order valence-corrected chi connectivity index (χ0v) is 8.40. The molecule has 0 unspecified atom stereocenters. The van der Waals surface area contributed by atoms with Crippen molar-refractivity contribution >= 4 is 17.6 Å². The molecule has 0 aliphatic carbocycles. The molecule has 0 aromatic carbocycles. The van der Waals surface area contributed by atoms with Crippen molar-refractivity contribution in [3.8, 4) is 11.8 Å². The maximum atomic E-state index is 5.46. The van der Waals surface area contributed by atoms with Gasteiger partial charge in [0.15, 0.2) is 0 Å². The highest BCUT2D eigenvalue weighted by Crippen LogP contribution is 2.17. The van der Waals surface area contributed by atoms with Gasteiger partial charge in [-0.05, 0) is 19.1 Å². The zero-order valence-electron chi connectivity index (χ0n) is 7.58. The molecule has 0 fully saturated rings. The van der Waals surface area contributed by atoms with Gasteiger partial charge >= 0.3 is 0 Å². The van der Waals surface area contributed by atoms with E-state index in [2.05, 4.69) is 16.8 Å². The van der Waals surface area contributed by atoms with Gasteiger partial charge in [-0.25, -0.2) is 4.98 Å². The molecular weight excluding hydrogens is 180 g/mol. The highest BCUT2D eigenvalue weighted by atomic mass is 32.2. The number of hydrogen-bond acceptors (Lipinski definition) is 3. The molecule has 0 aliphatic heterocycles. The lowest BCUT2D eigenvalue weighted by molar-refractivity contribution is 1.23. The number of nitrogen functional groups attached to an aromatic ring is 1. The molecule has 3 heteroatoms. The number of thioether (sulfide) groups is 1. The fourth-order valence-corrected chi connectivity index (χ4v) is 1.55. The lowest BCUT2D eigenvalue weighted by Crippen LogP contribution is -1.88. The van der Waals surface area contributed by atoms with Gasteiger partial charge in [0.05, 0.1) is 0 Å². The third-order valence-corrected chi connectivity index (χ3v) is 2.41. The summed E-state index contributed by atoms with van der Waals surface area (Å²) >= 11 is 1.75. The van der Waals surface area contributed by atoms with Gasteiger partial charge in [0.1, 0.15) is 5.82 Å². The molecule has 1 aromatic heterocycles. The third-order valence-electron chi connectivity index (χ3n) is 1.43. The molecule has 2 nitrogen and oxygen atoms in total. The molecule has 0 saturated carbocycles. The molecule has 13 heavy (non-hydrogen) atoms. The van der Waals surface area contributed by atoms with Gasteiger partial charge in [0, 0.05) is 23.3 Å².